The number of amides is 1. The fraction of sp³-hybridized carbons (Fsp3) is 0.500. The number of likely N-dealkylation sites (N-methyl/N-ethyl adjacent to an activating group) is 1. The summed E-state index contributed by atoms with van der Waals surface area (Å²) in [7, 11) is -2.21. The van der Waals surface area contributed by atoms with Crippen molar-refractivity contribution in [2.24, 2.45) is 0 Å². The van der Waals surface area contributed by atoms with Crippen LogP contribution in [-0.4, -0.2) is 45.4 Å². The van der Waals surface area contributed by atoms with Crippen molar-refractivity contribution in [1.29, 1.82) is 0 Å². The van der Waals surface area contributed by atoms with Crippen molar-refractivity contribution in [3.8, 4) is 0 Å². The van der Waals surface area contributed by atoms with Gasteiger partial charge in [0.05, 0.1) is 5.69 Å². The van der Waals surface area contributed by atoms with E-state index in [4.69, 9.17) is 0 Å². The Morgan fingerprint density at radius 1 is 1.24 bits per heavy atom. The molecule has 118 valence electrons. The summed E-state index contributed by atoms with van der Waals surface area (Å²) < 4.78 is 26.2. The largest absolute Gasteiger partial charge is 0.373 e. The molecule has 6 nitrogen and oxygen atoms in total. The number of benzene rings is 1. The Hall–Kier alpha value is -1.60. The van der Waals surface area contributed by atoms with Gasteiger partial charge in [0.25, 0.3) is 0 Å². The molecule has 1 atom stereocenters. The van der Waals surface area contributed by atoms with Crippen molar-refractivity contribution in [2.45, 2.75) is 31.7 Å². The third-order valence-electron chi connectivity index (χ3n) is 3.26. The number of sulfonamides is 1. The van der Waals surface area contributed by atoms with E-state index >= 15 is 0 Å². The van der Waals surface area contributed by atoms with E-state index in [-0.39, 0.29) is 10.8 Å². The molecule has 1 amide bonds. The van der Waals surface area contributed by atoms with Crippen LogP contribution in [0.25, 0.3) is 0 Å². The first-order valence-electron chi connectivity index (χ1n) is 6.95. The number of carbonyl (C=O) groups excluding carboxylic acids is 1. The van der Waals surface area contributed by atoms with E-state index in [0.29, 0.717) is 18.8 Å². The van der Waals surface area contributed by atoms with Crippen molar-refractivity contribution in [2.75, 3.05) is 25.5 Å². The van der Waals surface area contributed by atoms with Gasteiger partial charge >= 0.3 is 0 Å². The fourth-order valence-corrected chi connectivity index (χ4v) is 2.93. The SMILES string of the molecule is CCN(CC)C(=O)C(C)Nc1ccccc1S(=O)(=O)NC. The zero-order valence-electron chi connectivity index (χ0n) is 12.9. The molecule has 1 aromatic carbocycles. The third kappa shape index (κ3) is 4.18. The minimum Gasteiger partial charge on any atom is -0.373 e. The molecule has 1 unspecified atom stereocenters. The van der Waals surface area contributed by atoms with Gasteiger partial charge in [-0.1, -0.05) is 12.1 Å². The number of hydrogen-bond donors (Lipinski definition) is 2. The normalized spacial score (nSPS) is 12.8. The van der Waals surface area contributed by atoms with Crippen LogP contribution < -0.4 is 10.0 Å². The van der Waals surface area contributed by atoms with Crippen LogP contribution in [0, 0.1) is 0 Å². The lowest BCUT2D eigenvalue weighted by atomic mass is 10.2. The standard InChI is InChI=1S/C14H23N3O3S/c1-5-17(6-2)14(18)11(3)16-12-9-7-8-10-13(12)21(19,20)15-4/h7-11,15-16H,5-6H2,1-4H3. The van der Waals surface area contributed by atoms with Gasteiger partial charge in [-0.3, -0.25) is 4.79 Å². The van der Waals surface area contributed by atoms with Gasteiger partial charge in [0, 0.05) is 13.1 Å². The molecule has 0 saturated heterocycles. The van der Waals surface area contributed by atoms with Crippen LogP contribution in [0.2, 0.25) is 0 Å². The highest BCUT2D eigenvalue weighted by molar-refractivity contribution is 7.89. The van der Waals surface area contributed by atoms with E-state index < -0.39 is 16.1 Å². The van der Waals surface area contributed by atoms with Gasteiger partial charge in [0.1, 0.15) is 10.9 Å². The Labute approximate surface area is 126 Å². The highest BCUT2D eigenvalue weighted by Crippen LogP contribution is 2.21. The molecule has 0 aromatic heterocycles. The Balaban J connectivity index is 3.01. The lowest BCUT2D eigenvalue weighted by molar-refractivity contribution is -0.131. The highest BCUT2D eigenvalue weighted by Gasteiger charge is 2.21. The average Bonchev–Trinajstić information content (AvgIpc) is 2.48. The van der Waals surface area contributed by atoms with E-state index in [2.05, 4.69) is 10.0 Å². The van der Waals surface area contributed by atoms with Gasteiger partial charge < -0.3 is 10.2 Å². The van der Waals surface area contributed by atoms with Gasteiger partial charge in [-0.05, 0) is 40.0 Å². The summed E-state index contributed by atoms with van der Waals surface area (Å²) in [5, 5.41) is 2.99. The van der Waals surface area contributed by atoms with Gasteiger partial charge in [-0.15, -0.1) is 0 Å². The number of carbonyl (C=O) groups is 1. The molecular weight excluding hydrogens is 290 g/mol. The second-order valence-corrected chi connectivity index (χ2v) is 6.44. The van der Waals surface area contributed by atoms with E-state index in [9.17, 15) is 13.2 Å². The van der Waals surface area contributed by atoms with E-state index in [1.165, 1.54) is 13.1 Å². The molecule has 0 heterocycles. The third-order valence-corrected chi connectivity index (χ3v) is 4.74. The van der Waals surface area contributed by atoms with Gasteiger partial charge in [-0.2, -0.15) is 0 Å². The Kier molecular flexibility index (Phi) is 6.17. The van der Waals surface area contributed by atoms with E-state index in [1.807, 2.05) is 13.8 Å². The summed E-state index contributed by atoms with van der Waals surface area (Å²) in [6.07, 6.45) is 0. The van der Waals surface area contributed by atoms with Gasteiger partial charge in [0.2, 0.25) is 15.9 Å². The number of hydrogen-bond acceptors (Lipinski definition) is 4. The fourth-order valence-electron chi connectivity index (χ4n) is 2.03. The summed E-state index contributed by atoms with van der Waals surface area (Å²) in [6, 6.07) is 6.02. The smallest absolute Gasteiger partial charge is 0.244 e. The van der Waals surface area contributed by atoms with Crippen molar-refractivity contribution in [1.82, 2.24) is 9.62 Å². The second-order valence-electron chi connectivity index (χ2n) is 4.58. The van der Waals surface area contributed by atoms with E-state index in [0.717, 1.165) is 0 Å². The first kappa shape index (κ1) is 17.5. The number of anilines is 1. The van der Waals surface area contributed by atoms with Crippen molar-refractivity contribution >= 4 is 21.6 Å². The Bertz CT molecular complexity index is 583. The number of nitrogens with one attached hydrogen (secondary N) is 2. The van der Waals surface area contributed by atoms with Crippen LogP contribution >= 0.6 is 0 Å². The maximum atomic E-state index is 12.2. The topological polar surface area (TPSA) is 78.5 Å². The first-order valence-corrected chi connectivity index (χ1v) is 8.43. The second kappa shape index (κ2) is 7.42. The molecule has 7 heteroatoms. The zero-order chi connectivity index (χ0) is 16.0. The molecule has 0 bridgehead atoms. The molecule has 2 N–H and O–H groups in total. The van der Waals surface area contributed by atoms with Crippen LogP contribution in [0.5, 0.6) is 0 Å². The molecule has 0 spiro atoms. The number of rotatable bonds is 7. The lowest BCUT2D eigenvalue weighted by Crippen LogP contribution is -2.41. The zero-order valence-corrected chi connectivity index (χ0v) is 13.7. The summed E-state index contributed by atoms with van der Waals surface area (Å²) in [4.78, 5) is 14.1. The van der Waals surface area contributed by atoms with Crippen LogP contribution in [-0.2, 0) is 14.8 Å². The summed E-state index contributed by atoms with van der Waals surface area (Å²) >= 11 is 0. The molecule has 0 saturated carbocycles. The van der Waals surface area contributed by atoms with Crippen molar-refractivity contribution in [3.63, 3.8) is 0 Å². The monoisotopic (exact) mass is 313 g/mol. The van der Waals surface area contributed by atoms with Gasteiger partial charge in [-0.25, -0.2) is 13.1 Å². The summed E-state index contributed by atoms with van der Waals surface area (Å²) in [5.74, 6) is -0.0586. The van der Waals surface area contributed by atoms with Crippen molar-refractivity contribution in [3.05, 3.63) is 24.3 Å². The predicted octanol–water partition coefficient (Wildman–Crippen LogP) is 1.26. The van der Waals surface area contributed by atoms with Crippen LogP contribution in [0.4, 0.5) is 5.69 Å². The highest BCUT2D eigenvalue weighted by atomic mass is 32.2. The van der Waals surface area contributed by atoms with Gasteiger partial charge in [0.15, 0.2) is 0 Å². The molecule has 0 fully saturated rings. The number of para-hydroxylation sites is 1. The minimum absolute atomic E-state index is 0.0586. The summed E-state index contributed by atoms with van der Waals surface area (Å²) in [5.41, 5.74) is 0.417. The summed E-state index contributed by atoms with van der Waals surface area (Å²) in [6.45, 7) is 6.79. The molecular formula is C14H23N3O3S. The van der Waals surface area contributed by atoms with E-state index in [1.54, 1.807) is 30.0 Å². The quantitative estimate of drug-likeness (QED) is 0.794. The molecule has 1 aromatic rings. The molecule has 1 rings (SSSR count). The molecule has 0 radical (unpaired) electrons. The van der Waals surface area contributed by atoms with Crippen molar-refractivity contribution < 1.29 is 13.2 Å². The van der Waals surface area contributed by atoms with Crippen LogP contribution in [0.1, 0.15) is 20.8 Å². The molecule has 0 aliphatic heterocycles. The molecule has 0 aliphatic carbocycles. The first-order chi connectivity index (χ1) is 9.87. The lowest BCUT2D eigenvalue weighted by Gasteiger charge is -2.24. The molecule has 21 heavy (non-hydrogen) atoms. The maximum Gasteiger partial charge on any atom is 0.244 e. The Morgan fingerprint density at radius 3 is 2.33 bits per heavy atom. The predicted molar refractivity (Wildman–Crippen MR) is 83.7 cm³/mol. The molecule has 0 aliphatic rings. The maximum absolute atomic E-state index is 12.2. The van der Waals surface area contributed by atoms with Crippen LogP contribution in [0.3, 0.4) is 0 Å². The Morgan fingerprint density at radius 2 is 1.81 bits per heavy atom. The van der Waals surface area contributed by atoms with Crippen LogP contribution in [0.15, 0.2) is 29.2 Å². The minimum atomic E-state index is -3.57. The average molecular weight is 313 g/mol. The number of nitrogens with zero attached hydrogens (tertiary/aromatic N) is 1.